The van der Waals surface area contributed by atoms with Gasteiger partial charge in [0.1, 0.15) is 23.0 Å². The summed E-state index contributed by atoms with van der Waals surface area (Å²) in [6.07, 6.45) is 0. The number of rotatable bonds is 7. The highest BCUT2D eigenvalue weighted by Gasteiger charge is 2.13. The van der Waals surface area contributed by atoms with E-state index in [-0.39, 0.29) is 11.7 Å². The first-order valence-corrected chi connectivity index (χ1v) is 10.4. The van der Waals surface area contributed by atoms with Crippen LogP contribution < -0.4 is 15.8 Å². The Labute approximate surface area is 166 Å². The number of thiophene rings is 1. The molecule has 27 heavy (non-hydrogen) atoms. The molecule has 2 heterocycles. The van der Waals surface area contributed by atoms with Gasteiger partial charge in [0, 0.05) is 4.88 Å². The van der Waals surface area contributed by atoms with Crippen LogP contribution in [0.4, 0.5) is 5.82 Å². The van der Waals surface area contributed by atoms with Gasteiger partial charge < -0.3 is 15.8 Å². The number of carbonyl (C=O) groups is 1. The number of nitrogen functional groups attached to an aromatic ring is 1. The first-order valence-electron chi connectivity index (χ1n) is 8.56. The zero-order chi connectivity index (χ0) is 19.4. The van der Waals surface area contributed by atoms with Crippen LogP contribution in [0.5, 0.6) is 5.75 Å². The molecule has 0 saturated heterocycles. The van der Waals surface area contributed by atoms with Gasteiger partial charge in [0.25, 0.3) is 0 Å². The lowest BCUT2D eigenvalue weighted by Crippen LogP contribution is -2.29. The lowest BCUT2D eigenvalue weighted by atomic mass is 10.2. The van der Waals surface area contributed by atoms with Crippen LogP contribution in [0.1, 0.15) is 16.0 Å². The highest BCUT2D eigenvalue weighted by atomic mass is 32.2. The third-order valence-corrected chi connectivity index (χ3v) is 6.00. The zero-order valence-corrected chi connectivity index (χ0v) is 17.2. The number of ether oxygens (including phenoxy) is 1. The highest BCUT2D eigenvalue weighted by molar-refractivity contribution is 7.99. The number of nitrogens with zero attached hydrogens (tertiary/aromatic N) is 2. The maximum absolute atomic E-state index is 12.0. The van der Waals surface area contributed by atoms with Gasteiger partial charge in [-0.15, -0.1) is 11.3 Å². The normalized spacial score (nSPS) is 10.9. The second-order valence-electron chi connectivity index (χ2n) is 6.16. The molecule has 0 saturated carbocycles. The zero-order valence-electron chi connectivity index (χ0n) is 15.5. The third-order valence-electron chi connectivity index (χ3n) is 4.05. The summed E-state index contributed by atoms with van der Waals surface area (Å²) >= 11 is 2.88. The highest BCUT2D eigenvalue weighted by Crippen LogP contribution is 2.33. The molecule has 0 fully saturated rings. The van der Waals surface area contributed by atoms with Crippen molar-refractivity contribution >= 4 is 45.0 Å². The number of fused-ring (bicyclic) bond motifs is 1. The number of hydrogen-bond donors (Lipinski definition) is 2. The summed E-state index contributed by atoms with van der Waals surface area (Å²) < 4.78 is 5.62. The Hall–Kier alpha value is -2.32. The van der Waals surface area contributed by atoms with Crippen molar-refractivity contribution in [3.05, 3.63) is 40.3 Å². The predicted molar refractivity (Wildman–Crippen MR) is 112 cm³/mol. The second kappa shape index (κ2) is 8.58. The molecule has 0 bridgehead atoms. The van der Waals surface area contributed by atoms with Gasteiger partial charge in [-0.2, -0.15) is 0 Å². The molecule has 0 spiro atoms. The molecule has 1 amide bonds. The van der Waals surface area contributed by atoms with E-state index in [0.29, 0.717) is 24.1 Å². The maximum Gasteiger partial charge on any atom is 0.230 e. The maximum atomic E-state index is 12.0. The van der Waals surface area contributed by atoms with Gasteiger partial charge in [-0.1, -0.05) is 23.9 Å². The molecule has 0 aliphatic heterocycles. The van der Waals surface area contributed by atoms with Crippen molar-refractivity contribution < 1.29 is 9.53 Å². The quantitative estimate of drug-likeness (QED) is 0.357. The Balaban J connectivity index is 1.47. The van der Waals surface area contributed by atoms with Crippen molar-refractivity contribution in [3.63, 3.8) is 0 Å². The molecule has 0 aliphatic carbocycles. The molecule has 6 nitrogen and oxygen atoms in total. The second-order valence-corrected chi connectivity index (χ2v) is 8.30. The molecule has 0 unspecified atom stereocenters. The van der Waals surface area contributed by atoms with Gasteiger partial charge >= 0.3 is 0 Å². The summed E-state index contributed by atoms with van der Waals surface area (Å²) in [5.41, 5.74) is 8.33. The van der Waals surface area contributed by atoms with E-state index in [2.05, 4.69) is 15.3 Å². The standard InChI is InChI=1S/C19H22N4O2S2/c1-11-5-4-6-14(9-11)25-8-7-21-15(24)10-26-19-22-17(20)16-12(2)13(3)27-18(16)23-19/h4-6,9H,7-8,10H2,1-3H3,(H,21,24)(H2,20,22,23). The summed E-state index contributed by atoms with van der Waals surface area (Å²) in [5, 5.41) is 4.27. The molecule has 3 rings (SSSR count). The average molecular weight is 403 g/mol. The van der Waals surface area contributed by atoms with E-state index in [1.54, 1.807) is 11.3 Å². The van der Waals surface area contributed by atoms with E-state index in [1.165, 1.54) is 16.6 Å². The van der Waals surface area contributed by atoms with Gasteiger partial charge in [0.15, 0.2) is 5.16 Å². The van der Waals surface area contributed by atoms with E-state index in [9.17, 15) is 4.79 Å². The fraction of sp³-hybridized carbons (Fsp3) is 0.316. The third kappa shape index (κ3) is 4.90. The van der Waals surface area contributed by atoms with Crippen LogP contribution in [0, 0.1) is 20.8 Å². The van der Waals surface area contributed by atoms with E-state index in [1.807, 2.05) is 45.0 Å². The summed E-state index contributed by atoms with van der Waals surface area (Å²) in [4.78, 5) is 22.9. The summed E-state index contributed by atoms with van der Waals surface area (Å²) in [6.45, 7) is 6.94. The van der Waals surface area contributed by atoms with Crippen molar-refractivity contribution in [2.24, 2.45) is 0 Å². The Morgan fingerprint density at radius 1 is 1.30 bits per heavy atom. The molecule has 142 valence electrons. The van der Waals surface area contributed by atoms with E-state index >= 15 is 0 Å². The molecule has 1 aromatic carbocycles. The number of hydrogen-bond acceptors (Lipinski definition) is 7. The number of nitrogens with two attached hydrogens (primary N) is 1. The van der Waals surface area contributed by atoms with E-state index < -0.39 is 0 Å². The number of anilines is 1. The molecular formula is C19H22N4O2S2. The van der Waals surface area contributed by atoms with Gasteiger partial charge in [-0.25, -0.2) is 9.97 Å². The molecule has 0 atom stereocenters. The van der Waals surface area contributed by atoms with Crippen LogP contribution in [0.25, 0.3) is 10.2 Å². The Bertz CT molecular complexity index is 972. The largest absolute Gasteiger partial charge is 0.492 e. The molecule has 2 aromatic heterocycles. The first-order chi connectivity index (χ1) is 12.9. The van der Waals surface area contributed by atoms with Gasteiger partial charge in [-0.05, 0) is 44.0 Å². The Kier molecular flexibility index (Phi) is 6.18. The summed E-state index contributed by atoms with van der Waals surface area (Å²) in [6, 6.07) is 7.82. The predicted octanol–water partition coefficient (Wildman–Crippen LogP) is 3.49. The smallest absolute Gasteiger partial charge is 0.230 e. The van der Waals surface area contributed by atoms with Crippen molar-refractivity contribution in [1.82, 2.24) is 15.3 Å². The van der Waals surface area contributed by atoms with E-state index in [0.717, 1.165) is 27.1 Å². The van der Waals surface area contributed by atoms with Crippen LogP contribution in [0.15, 0.2) is 29.4 Å². The fourth-order valence-electron chi connectivity index (χ4n) is 2.57. The summed E-state index contributed by atoms with van der Waals surface area (Å²) in [5.74, 6) is 1.42. The molecule has 8 heteroatoms. The number of amides is 1. The lowest BCUT2D eigenvalue weighted by Gasteiger charge is -2.08. The minimum Gasteiger partial charge on any atom is -0.492 e. The van der Waals surface area contributed by atoms with Crippen LogP contribution >= 0.6 is 23.1 Å². The van der Waals surface area contributed by atoms with E-state index in [4.69, 9.17) is 10.5 Å². The summed E-state index contributed by atoms with van der Waals surface area (Å²) in [7, 11) is 0. The molecule has 0 aliphatic rings. The topological polar surface area (TPSA) is 90.1 Å². The monoisotopic (exact) mass is 402 g/mol. The van der Waals surface area contributed by atoms with Crippen LogP contribution in [0.2, 0.25) is 0 Å². The van der Waals surface area contributed by atoms with Gasteiger partial charge in [-0.3, -0.25) is 4.79 Å². The number of benzene rings is 1. The van der Waals surface area contributed by atoms with Gasteiger partial charge in [0.05, 0.1) is 17.7 Å². The average Bonchev–Trinajstić information content (AvgIpc) is 2.91. The van der Waals surface area contributed by atoms with Crippen molar-refractivity contribution in [2.75, 3.05) is 24.6 Å². The van der Waals surface area contributed by atoms with Crippen LogP contribution in [-0.4, -0.2) is 34.8 Å². The minimum atomic E-state index is -0.0892. The number of aryl methyl sites for hydroxylation is 3. The van der Waals surface area contributed by atoms with Crippen molar-refractivity contribution in [2.45, 2.75) is 25.9 Å². The fourth-order valence-corrected chi connectivity index (χ4v) is 4.35. The molecule has 3 aromatic rings. The SMILES string of the molecule is Cc1cccc(OCCNC(=O)CSc2nc(N)c3c(C)c(C)sc3n2)c1. The minimum absolute atomic E-state index is 0.0892. The van der Waals surface area contributed by atoms with Crippen LogP contribution in [0.3, 0.4) is 0 Å². The number of nitrogens with one attached hydrogen (secondary N) is 1. The van der Waals surface area contributed by atoms with Crippen LogP contribution in [-0.2, 0) is 4.79 Å². The van der Waals surface area contributed by atoms with Crippen molar-refractivity contribution in [1.29, 1.82) is 0 Å². The molecule has 0 radical (unpaired) electrons. The number of thioether (sulfide) groups is 1. The Morgan fingerprint density at radius 2 is 2.11 bits per heavy atom. The first kappa shape index (κ1) is 19.4. The Morgan fingerprint density at radius 3 is 2.89 bits per heavy atom. The lowest BCUT2D eigenvalue weighted by molar-refractivity contribution is -0.118. The molecule has 3 N–H and O–H groups in total. The number of aromatic nitrogens is 2. The molecular weight excluding hydrogens is 380 g/mol. The number of carbonyl (C=O) groups excluding carboxylic acids is 1. The van der Waals surface area contributed by atoms with Crippen molar-refractivity contribution in [3.8, 4) is 5.75 Å². The van der Waals surface area contributed by atoms with Gasteiger partial charge in [0.2, 0.25) is 5.91 Å².